The Morgan fingerprint density at radius 1 is 0.667 bits per heavy atom. The van der Waals surface area contributed by atoms with Crippen LogP contribution in [0.4, 0.5) is 26.3 Å². The maximum Gasteiger partial charge on any atom is 0.452 e. The maximum absolute atomic E-state index is 11.1. The van der Waals surface area contributed by atoms with Crippen molar-refractivity contribution in [3.63, 3.8) is 0 Å². The smallest absolute Gasteiger partial charge is 0.412 e. The molecule has 0 aromatic carbocycles. The van der Waals surface area contributed by atoms with Gasteiger partial charge < -0.3 is 15.7 Å². The van der Waals surface area contributed by atoms with Crippen LogP contribution in [0, 0.1) is 0 Å². The number of halogens is 6. The quantitative estimate of drug-likeness (QED) is 0.427. The summed E-state index contributed by atoms with van der Waals surface area (Å²) in [5, 5.41) is 15.0. The first-order valence-electron chi connectivity index (χ1n) is 2.08. The Morgan fingerprint density at radius 2 is 0.833 bits per heavy atom. The van der Waals surface area contributed by atoms with Crippen molar-refractivity contribution in [1.82, 2.24) is 0 Å². The first kappa shape index (κ1) is 14.0. The van der Waals surface area contributed by atoms with Crippen molar-refractivity contribution in [3.05, 3.63) is 0 Å². The summed E-state index contributed by atoms with van der Waals surface area (Å²) in [7, 11) is 0. The van der Waals surface area contributed by atoms with E-state index in [0.717, 1.165) is 0 Å². The summed E-state index contributed by atoms with van der Waals surface area (Å²) >= 11 is 0. The van der Waals surface area contributed by atoms with Crippen LogP contribution in [-0.2, 0) is 0 Å². The van der Waals surface area contributed by atoms with Crippen LogP contribution >= 0.6 is 0 Å². The number of rotatable bonds is 0. The fraction of sp³-hybridized carbons (Fsp3) is 1.00. The summed E-state index contributed by atoms with van der Waals surface area (Å²) < 4.78 is 66.7. The van der Waals surface area contributed by atoms with E-state index in [1.54, 1.807) is 0 Å². The summed E-state index contributed by atoms with van der Waals surface area (Å²) in [5.74, 6) is -5.62. The summed E-state index contributed by atoms with van der Waals surface area (Å²) in [4.78, 5) is 0. The minimum Gasteiger partial charge on any atom is -0.412 e. The average molecular weight is 202 g/mol. The first-order valence-corrected chi connectivity index (χ1v) is 2.08. The molecule has 0 rings (SSSR count). The highest BCUT2D eigenvalue weighted by molar-refractivity contribution is 4.81. The summed E-state index contributed by atoms with van der Waals surface area (Å²) in [6.07, 6.45) is -12.3. The predicted octanol–water partition coefficient (Wildman–Crippen LogP) is -0.0328. The fourth-order valence-electron chi connectivity index (χ4n) is 0.161. The van der Waals surface area contributed by atoms with Gasteiger partial charge in [0.25, 0.3) is 0 Å². The Hall–Kier alpha value is -0.540. The van der Waals surface area contributed by atoms with Crippen molar-refractivity contribution in [2.45, 2.75) is 18.1 Å². The van der Waals surface area contributed by atoms with Gasteiger partial charge in [-0.15, -0.1) is 0 Å². The van der Waals surface area contributed by atoms with Gasteiger partial charge in [0.2, 0.25) is 0 Å². The van der Waals surface area contributed by atoms with E-state index in [1.165, 1.54) is 0 Å². The lowest BCUT2D eigenvalue weighted by atomic mass is 10.3. The van der Waals surface area contributed by atoms with Crippen molar-refractivity contribution < 1.29 is 42.0 Å². The second-order valence-electron chi connectivity index (χ2n) is 1.67. The molecule has 0 amide bonds. The molecule has 0 aliphatic rings. The average Bonchev–Trinajstić information content (AvgIpc) is 1.58. The third kappa shape index (κ3) is 2.22. The van der Waals surface area contributed by atoms with Crippen LogP contribution < -0.4 is 0 Å². The van der Waals surface area contributed by atoms with Crippen LogP contribution in [0.15, 0.2) is 0 Å². The molecule has 0 aromatic heterocycles. The molecule has 0 fully saturated rings. The Labute approximate surface area is 61.5 Å². The van der Waals surface area contributed by atoms with E-state index in [2.05, 4.69) is 0 Å². The molecule has 0 aliphatic heterocycles. The minimum atomic E-state index is -6.13. The van der Waals surface area contributed by atoms with Gasteiger partial charge >= 0.3 is 18.1 Å². The molecule has 12 heavy (non-hydrogen) atoms. The zero-order valence-corrected chi connectivity index (χ0v) is 5.16. The number of aliphatic hydroxyl groups is 2. The van der Waals surface area contributed by atoms with Crippen LogP contribution in [-0.4, -0.2) is 33.8 Å². The van der Waals surface area contributed by atoms with Gasteiger partial charge in [-0.2, -0.15) is 26.3 Å². The molecule has 0 bridgehead atoms. The molecule has 0 unspecified atom stereocenters. The van der Waals surface area contributed by atoms with E-state index in [-0.39, 0.29) is 5.48 Å². The molecule has 0 radical (unpaired) electrons. The zero-order valence-electron chi connectivity index (χ0n) is 5.16. The van der Waals surface area contributed by atoms with E-state index in [9.17, 15) is 26.3 Å². The normalized spacial score (nSPS) is 14.0. The van der Waals surface area contributed by atoms with Gasteiger partial charge in [0, 0.05) is 0 Å². The largest absolute Gasteiger partial charge is 0.452 e. The third-order valence-corrected chi connectivity index (χ3v) is 0.791. The maximum atomic E-state index is 11.1. The molecule has 3 nitrogen and oxygen atoms in total. The lowest BCUT2D eigenvalue weighted by Crippen LogP contribution is -2.56. The molecule has 9 heteroatoms. The summed E-state index contributed by atoms with van der Waals surface area (Å²) in [6.45, 7) is 0. The van der Waals surface area contributed by atoms with Crippen LogP contribution in [0.2, 0.25) is 0 Å². The zero-order chi connectivity index (χ0) is 9.50. The second-order valence-corrected chi connectivity index (χ2v) is 1.67. The lowest BCUT2D eigenvalue weighted by molar-refractivity contribution is -0.445. The molecule has 0 atom stereocenters. The highest BCUT2D eigenvalue weighted by atomic mass is 19.4. The third-order valence-electron chi connectivity index (χ3n) is 0.791. The van der Waals surface area contributed by atoms with E-state index in [1.807, 2.05) is 0 Å². The van der Waals surface area contributed by atoms with Crippen molar-refractivity contribution in [2.24, 2.45) is 0 Å². The monoisotopic (exact) mass is 202 g/mol. The molecule has 0 heterocycles. The second kappa shape index (κ2) is 3.07. The highest BCUT2D eigenvalue weighted by Crippen LogP contribution is 2.40. The number of hydrogen-bond acceptors (Lipinski definition) is 2. The van der Waals surface area contributed by atoms with Gasteiger partial charge in [0.1, 0.15) is 0 Å². The van der Waals surface area contributed by atoms with Crippen LogP contribution in [0.3, 0.4) is 0 Å². The first-order chi connectivity index (χ1) is 4.50. The molecule has 0 aromatic rings. The molecular formula is C3H4F6O3. The van der Waals surface area contributed by atoms with E-state index in [0.29, 0.717) is 0 Å². The molecule has 0 aliphatic carbocycles. The van der Waals surface area contributed by atoms with Crippen molar-refractivity contribution >= 4 is 0 Å². The van der Waals surface area contributed by atoms with Gasteiger partial charge in [0.15, 0.2) is 0 Å². The van der Waals surface area contributed by atoms with Crippen molar-refractivity contribution in [2.75, 3.05) is 0 Å². The molecule has 0 saturated carbocycles. The lowest BCUT2D eigenvalue weighted by Gasteiger charge is -2.26. The molecule has 0 spiro atoms. The van der Waals surface area contributed by atoms with Gasteiger partial charge in [-0.25, -0.2) is 0 Å². The Morgan fingerprint density at radius 3 is 0.833 bits per heavy atom. The van der Waals surface area contributed by atoms with Crippen LogP contribution in [0.1, 0.15) is 0 Å². The van der Waals surface area contributed by atoms with Gasteiger partial charge in [-0.3, -0.25) is 0 Å². The van der Waals surface area contributed by atoms with Gasteiger partial charge in [-0.05, 0) is 0 Å². The van der Waals surface area contributed by atoms with Crippen molar-refractivity contribution in [1.29, 1.82) is 0 Å². The minimum absolute atomic E-state index is 0. The Kier molecular flexibility index (Phi) is 3.59. The molecule has 0 saturated heterocycles. The SMILES string of the molecule is O.OC(O)(C(F)(F)F)C(F)(F)F. The summed E-state index contributed by atoms with van der Waals surface area (Å²) in [6, 6.07) is 0. The Bertz CT molecular complexity index is 129. The summed E-state index contributed by atoms with van der Waals surface area (Å²) in [5.41, 5.74) is 0. The molecule has 76 valence electrons. The van der Waals surface area contributed by atoms with E-state index in [4.69, 9.17) is 10.2 Å². The van der Waals surface area contributed by atoms with Crippen molar-refractivity contribution in [3.8, 4) is 0 Å². The number of hydrogen-bond donors (Lipinski definition) is 2. The topological polar surface area (TPSA) is 72.0 Å². The van der Waals surface area contributed by atoms with E-state index >= 15 is 0 Å². The fourth-order valence-corrected chi connectivity index (χ4v) is 0.161. The number of alkyl halides is 6. The predicted molar refractivity (Wildman–Crippen MR) is 22.9 cm³/mol. The Balaban J connectivity index is 0. The van der Waals surface area contributed by atoms with Gasteiger partial charge in [0.05, 0.1) is 0 Å². The van der Waals surface area contributed by atoms with Crippen LogP contribution in [0.5, 0.6) is 0 Å². The molecular weight excluding hydrogens is 198 g/mol. The molecule has 4 N–H and O–H groups in total. The van der Waals surface area contributed by atoms with Gasteiger partial charge in [-0.1, -0.05) is 0 Å². The highest BCUT2D eigenvalue weighted by Gasteiger charge is 2.70. The van der Waals surface area contributed by atoms with E-state index < -0.39 is 18.1 Å². The van der Waals surface area contributed by atoms with Crippen LogP contribution in [0.25, 0.3) is 0 Å². The standard InChI is InChI=1S/C3H2F6O2.H2O/c4-2(5,6)1(10,11)3(7,8)9;/h10-11H;1H2.